The Bertz CT molecular complexity index is 6.85. The zero-order valence-electron chi connectivity index (χ0n) is 2.51. The van der Waals surface area contributed by atoms with Gasteiger partial charge in [-0.15, -0.1) is 17.9 Å². The Labute approximate surface area is 56.3 Å². The van der Waals surface area contributed by atoms with Gasteiger partial charge >= 0.3 is 0 Å². The van der Waals surface area contributed by atoms with Crippen LogP contribution in [0.4, 0.5) is 0 Å². The Balaban J connectivity index is -0.0000000133. The van der Waals surface area contributed by atoms with Gasteiger partial charge in [0.15, 0.2) is 0 Å². The fourth-order valence-corrected chi connectivity index (χ4v) is 0. The van der Waals surface area contributed by atoms with Crippen molar-refractivity contribution >= 4 is 37.7 Å². The van der Waals surface area contributed by atoms with Crippen molar-refractivity contribution in [2.75, 3.05) is 0 Å². The van der Waals surface area contributed by atoms with Gasteiger partial charge in [0, 0.05) is 18.6 Å². The molecule has 0 spiro atoms. The first-order valence-electron chi connectivity index (χ1n) is 0.537. The van der Waals surface area contributed by atoms with Crippen molar-refractivity contribution in [1.82, 2.24) is 0 Å². The minimum atomic E-state index is 0. The van der Waals surface area contributed by atoms with E-state index in [1.165, 1.54) is 0 Å². The van der Waals surface area contributed by atoms with Crippen LogP contribution in [0.3, 0.4) is 0 Å². The van der Waals surface area contributed by atoms with E-state index in [-0.39, 0.29) is 18.6 Å². The van der Waals surface area contributed by atoms with Gasteiger partial charge in [-0.1, -0.05) is 11.8 Å². The van der Waals surface area contributed by atoms with Gasteiger partial charge in [0.25, 0.3) is 0 Å². The van der Waals surface area contributed by atoms with Gasteiger partial charge in [-0.3, -0.25) is 0 Å². The molecule has 0 aliphatic rings. The molecule has 0 aromatic heterocycles. The number of hydrogen-bond acceptors (Lipinski definition) is 1. The summed E-state index contributed by atoms with van der Waals surface area (Å²) in [5.41, 5.74) is 0. The molecule has 2 unspecified atom stereocenters. The maximum absolute atomic E-state index is 3.89. The largest absolute Gasteiger partial charge is 0.118 e. The second-order valence-corrected chi connectivity index (χ2v) is 0. The van der Waals surface area contributed by atoms with Crippen LogP contribution in [-0.2, 0) is 30.4 Å². The molecular weight excluding hydrogens is 176 g/mol. The molecule has 0 bridgehead atoms. The van der Waals surface area contributed by atoms with Crippen molar-refractivity contribution in [3.63, 3.8) is 0 Å². The summed E-state index contributed by atoms with van der Waals surface area (Å²) in [6.07, 6.45) is 0. The minimum absolute atomic E-state index is 0. The van der Waals surface area contributed by atoms with Crippen LogP contribution in [-0.4, -0.2) is 0 Å². The first-order valence-corrected chi connectivity index (χ1v) is 4.84. The third kappa shape index (κ3) is 24.3. The van der Waals surface area contributed by atoms with E-state index in [1.54, 1.807) is 0 Å². The van der Waals surface area contributed by atoms with Crippen LogP contribution in [0.2, 0.25) is 0 Å². The molecule has 0 aliphatic heterocycles. The van der Waals surface area contributed by atoms with E-state index >= 15 is 0 Å². The topological polar surface area (TPSA) is 0 Å². The van der Waals surface area contributed by atoms with Crippen molar-refractivity contribution in [1.29, 1.82) is 0 Å². The van der Waals surface area contributed by atoms with Gasteiger partial charge in [-0.05, 0) is 8.02 Å². The van der Waals surface area contributed by atoms with Gasteiger partial charge < -0.3 is 0 Å². The monoisotopic (exact) mass is 181 g/mol. The Morgan fingerprint density at radius 3 is 1.20 bits per heavy atom. The van der Waals surface area contributed by atoms with E-state index in [9.17, 15) is 0 Å². The zero-order valence-corrected chi connectivity index (χ0v) is 8.03. The van der Waals surface area contributed by atoms with Gasteiger partial charge in [0.05, 0.1) is 0 Å². The van der Waals surface area contributed by atoms with Crippen LogP contribution in [0.1, 0.15) is 0 Å². The molecule has 0 aromatic carbocycles. The Kier molecular flexibility index (Phi) is 120. The van der Waals surface area contributed by atoms with Gasteiger partial charge in [-0.2, -0.15) is 0 Å². The van der Waals surface area contributed by atoms with Crippen LogP contribution in [0, 0.1) is 0 Å². The fourth-order valence-electron chi connectivity index (χ4n) is 0. The zero-order chi connectivity index (χ0) is 4.00. The van der Waals surface area contributed by atoms with Crippen molar-refractivity contribution in [3.8, 4) is 0 Å². The van der Waals surface area contributed by atoms with E-state index < -0.39 is 0 Å². The molecule has 5 heteroatoms. The van der Waals surface area contributed by atoms with Crippen LogP contribution < -0.4 is 0 Å². The van der Waals surface area contributed by atoms with E-state index in [1.807, 2.05) is 0 Å². The standard InChI is InChI=1S/H4P2.HPS.V/c2*1-2;/h1-2H2;1H;. The van der Waals surface area contributed by atoms with Crippen LogP contribution >= 0.6 is 25.9 Å². The average molecular weight is 181 g/mol. The van der Waals surface area contributed by atoms with E-state index in [2.05, 4.69) is 37.7 Å². The number of hydrogen-bond donors (Lipinski definition) is 0. The van der Waals surface area contributed by atoms with Gasteiger partial charge in [0.1, 0.15) is 0 Å². The molecule has 0 rings (SSSR count). The molecule has 0 nitrogen and oxygen atoms in total. The molecule has 0 aromatic rings. The number of rotatable bonds is 0. The minimum Gasteiger partial charge on any atom is -0.118 e. The second-order valence-electron chi connectivity index (χ2n) is 0. The van der Waals surface area contributed by atoms with Crippen molar-refractivity contribution in [2.24, 2.45) is 0 Å². The predicted octanol–water partition coefficient (Wildman–Crippen LogP) is 1.24. The summed E-state index contributed by atoms with van der Waals surface area (Å²) >= 11 is 3.89. The third-order valence-corrected chi connectivity index (χ3v) is 0. The molecule has 0 aliphatic carbocycles. The maximum atomic E-state index is 3.89. The molecule has 5 heavy (non-hydrogen) atoms. The quantitative estimate of drug-likeness (QED) is 0.506. The Morgan fingerprint density at radius 2 is 1.20 bits per heavy atom. The Morgan fingerprint density at radius 1 is 1.20 bits per heavy atom. The molecule has 0 saturated heterocycles. The molecule has 1 radical (unpaired) electrons. The van der Waals surface area contributed by atoms with Crippen molar-refractivity contribution < 1.29 is 18.6 Å². The molecule has 0 saturated carbocycles. The third-order valence-electron chi connectivity index (χ3n) is 0. The summed E-state index contributed by atoms with van der Waals surface area (Å²) in [6, 6.07) is 0. The molecule has 0 N–H and O–H groups in total. The van der Waals surface area contributed by atoms with E-state index in [0.717, 1.165) is 0 Å². The van der Waals surface area contributed by atoms with Gasteiger partial charge in [-0.25, -0.2) is 0 Å². The van der Waals surface area contributed by atoms with Crippen molar-refractivity contribution in [2.45, 2.75) is 0 Å². The summed E-state index contributed by atoms with van der Waals surface area (Å²) in [6.45, 7) is 0. The molecule has 0 heterocycles. The average Bonchev–Trinajstić information content (AvgIpc) is 1.50. The normalized spacial score (nSPS) is 2.00. The van der Waals surface area contributed by atoms with Crippen LogP contribution in [0.25, 0.3) is 0 Å². The van der Waals surface area contributed by atoms with Crippen molar-refractivity contribution in [3.05, 3.63) is 0 Å². The smallest absolute Gasteiger partial charge is 0 e. The van der Waals surface area contributed by atoms with Crippen LogP contribution in [0.15, 0.2) is 0 Å². The SMILES string of the molecule is P=S.PP.[V]. The van der Waals surface area contributed by atoms with Gasteiger partial charge in [0.2, 0.25) is 0 Å². The molecular formula is H5P3SV. The molecule has 2 atom stereocenters. The summed E-state index contributed by atoms with van der Waals surface area (Å²) in [5, 5.41) is 0. The van der Waals surface area contributed by atoms with Crippen LogP contribution in [0.5, 0.6) is 0 Å². The molecule has 0 amide bonds. The second kappa shape index (κ2) is 38.1. The fraction of sp³-hybridized carbons (Fsp3) is 0. The first kappa shape index (κ1) is 15.8. The Hall–Kier alpha value is 1.96. The predicted molar refractivity (Wildman–Crippen MR) is 35.1 cm³/mol. The maximum Gasteiger partial charge on any atom is 0 e. The summed E-state index contributed by atoms with van der Waals surface area (Å²) in [7, 11) is 7.22. The first-order chi connectivity index (χ1) is 2.00. The van der Waals surface area contributed by atoms with E-state index in [4.69, 9.17) is 0 Å². The molecule has 31 valence electrons. The summed E-state index contributed by atoms with van der Waals surface area (Å²) < 4.78 is 0. The molecule has 0 fully saturated rings. The van der Waals surface area contributed by atoms with E-state index in [0.29, 0.717) is 0 Å². The summed E-state index contributed by atoms with van der Waals surface area (Å²) in [5.74, 6) is 0. The summed E-state index contributed by atoms with van der Waals surface area (Å²) in [4.78, 5) is 0.